The topological polar surface area (TPSA) is 93.6 Å². The van der Waals surface area contributed by atoms with Crippen molar-refractivity contribution in [1.29, 1.82) is 0 Å². The number of hydrogen-bond donors (Lipinski definition) is 3. The molecular weight excluding hydrogens is 440 g/mol. The zero-order valence-electron chi connectivity index (χ0n) is 21.2. The van der Waals surface area contributed by atoms with Gasteiger partial charge in [0, 0.05) is 26.2 Å². The van der Waals surface area contributed by atoms with Crippen molar-refractivity contribution < 1.29 is 9.90 Å². The second kappa shape index (κ2) is 9.30. The molecule has 3 fully saturated rings. The molecule has 0 aromatic carbocycles. The lowest BCUT2D eigenvalue weighted by atomic mass is 9.93. The number of amides is 1. The summed E-state index contributed by atoms with van der Waals surface area (Å²) in [5, 5.41) is 16.0. The number of piperidine rings is 1. The Bertz CT molecular complexity index is 1070. The molecule has 2 saturated heterocycles. The number of rotatable bonds is 7. The number of pyridine rings is 2. The summed E-state index contributed by atoms with van der Waals surface area (Å²) in [5.41, 5.74) is 0.572. The Morgan fingerprint density at radius 3 is 2.49 bits per heavy atom. The van der Waals surface area contributed by atoms with Crippen LogP contribution in [0.25, 0.3) is 0 Å². The molecule has 2 aliphatic heterocycles. The van der Waals surface area contributed by atoms with E-state index in [2.05, 4.69) is 27.4 Å². The minimum absolute atomic E-state index is 0.0176. The second-order valence-electron chi connectivity index (χ2n) is 11.4. The highest BCUT2D eigenvalue weighted by Gasteiger charge is 2.45. The molecule has 3 aliphatic rings. The Hall–Kier alpha value is -2.87. The number of hydrogen-bond acceptors (Lipinski definition) is 7. The molecule has 2 aromatic rings. The fraction of sp³-hybridized carbons (Fsp3) is 0.593. The molecule has 3 N–H and O–H groups in total. The summed E-state index contributed by atoms with van der Waals surface area (Å²) in [4.78, 5) is 27.6. The first kappa shape index (κ1) is 23.9. The van der Waals surface area contributed by atoms with Crippen LogP contribution in [-0.2, 0) is 0 Å². The van der Waals surface area contributed by atoms with Gasteiger partial charge in [0.15, 0.2) is 0 Å². The van der Waals surface area contributed by atoms with E-state index in [1.165, 1.54) is 12.8 Å². The van der Waals surface area contributed by atoms with Gasteiger partial charge in [-0.25, -0.2) is 9.97 Å². The maximum absolute atomic E-state index is 13.5. The van der Waals surface area contributed by atoms with Crippen LogP contribution in [-0.4, -0.2) is 59.3 Å². The average molecular weight is 479 g/mol. The molecule has 0 radical (unpaired) electrons. The van der Waals surface area contributed by atoms with Crippen molar-refractivity contribution in [1.82, 2.24) is 9.97 Å². The minimum atomic E-state index is -0.508. The van der Waals surface area contributed by atoms with Crippen LogP contribution in [0.15, 0.2) is 30.3 Å². The second-order valence-corrected chi connectivity index (χ2v) is 11.4. The quantitative estimate of drug-likeness (QED) is 0.551. The van der Waals surface area contributed by atoms with E-state index in [1.54, 1.807) is 0 Å². The van der Waals surface area contributed by atoms with E-state index < -0.39 is 5.54 Å². The molecule has 0 unspecified atom stereocenters. The molecule has 4 heterocycles. The van der Waals surface area contributed by atoms with E-state index in [-0.39, 0.29) is 12.5 Å². The highest BCUT2D eigenvalue weighted by atomic mass is 16.3. The highest BCUT2D eigenvalue weighted by Crippen LogP contribution is 2.54. The number of anilines is 4. The Labute approximate surface area is 208 Å². The summed E-state index contributed by atoms with van der Waals surface area (Å²) in [5.74, 6) is 3.27. The standard InChI is InChI=1S/C27H38N6O2/c1-19-9-14-33(17-19)23-6-4-5-21(28-23)30-25(35)20-7-8-22(31-26(2,3)18-34)29-24(20)32-15-12-27(10-11-27)13-16-32/h4-8,19,34H,9-18H2,1-3H3,(H,29,31)(H,28,30,35)/t19-/m0/s1. The van der Waals surface area contributed by atoms with Gasteiger partial charge in [-0.05, 0) is 81.5 Å². The number of aliphatic hydroxyl groups excluding tert-OH is 1. The molecular formula is C27H38N6O2. The SMILES string of the molecule is C[C@H]1CCN(c2cccc(NC(=O)c3ccc(NC(C)(C)CO)nc3N3CCC4(CC3)CC4)n2)C1. The smallest absolute Gasteiger partial charge is 0.260 e. The van der Waals surface area contributed by atoms with Crippen molar-refractivity contribution in [3.05, 3.63) is 35.9 Å². The molecule has 1 saturated carbocycles. The Morgan fingerprint density at radius 2 is 1.83 bits per heavy atom. The normalized spacial score (nSPS) is 21.3. The summed E-state index contributed by atoms with van der Waals surface area (Å²) in [6, 6.07) is 9.44. The number of nitrogens with one attached hydrogen (secondary N) is 2. The van der Waals surface area contributed by atoms with Crippen LogP contribution in [0.4, 0.5) is 23.3 Å². The van der Waals surface area contributed by atoms with E-state index in [0.717, 1.165) is 51.3 Å². The zero-order chi connectivity index (χ0) is 24.6. The van der Waals surface area contributed by atoms with E-state index >= 15 is 0 Å². The van der Waals surface area contributed by atoms with Gasteiger partial charge >= 0.3 is 0 Å². The van der Waals surface area contributed by atoms with Crippen molar-refractivity contribution in [2.75, 3.05) is 53.2 Å². The van der Waals surface area contributed by atoms with Gasteiger partial charge in [0.25, 0.3) is 5.91 Å². The van der Waals surface area contributed by atoms with Crippen molar-refractivity contribution in [3.63, 3.8) is 0 Å². The monoisotopic (exact) mass is 478 g/mol. The molecule has 8 heteroatoms. The number of aromatic nitrogens is 2. The summed E-state index contributed by atoms with van der Waals surface area (Å²) in [7, 11) is 0. The fourth-order valence-corrected chi connectivity index (χ4v) is 5.19. The number of aliphatic hydroxyl groups is 1. The van der Waals surface area contributed by atoms with E-state index in [4.69, 9.17) is 9.97 Å². The molecule has 188 valence electrons. The summed E-state index contributed by atoms with van der Waals surface area (Å²) in [6.45, 7) is 9.88. The molecule has 8 nitrogen and oxygen atoms in total. The predicted octanol–water partition coefficient (Wildman–Crippen LogP) is 4.14. The fourth-order valence-electron chi connectivity index (χ4n) is 5.19. The van der Waals surface area contributed by atoms with Crippen LogP contribution in [0.5, 0.6) is 0 Å². The van der Waals surface area contributed by atoms with Crippen molar-refractivity contribution in [2.24, 2.45) is 11.3 Å². The summed E-state index contributed by atoms with van der Waals surface area (Å²) < 4.78 is 0. The summed E-state index contributed by atoms with van der Waals surface area (Å²) >= 11 is 0. The van der Waals surface area contributed by atoms with Gasteiger partial charge in [-0.1, -0.05) is 13.0 Å². The zero-order valence-corrected chi connectivity index (χ0v) is 21.2. The van der Waals surface area contributed by atoms with Gasteiger partial charge in [-0.3, -0.25) is 4.79 Å². The molecule has 1 atom stereocenters. The first-order valence-electron chi connectivity index (χ1n) is 12.9. The lowest BCUT2D eigenvalue weighted by molar-refractivity contribution is 0.102. The lowest BCUT2D eigenvalue weighted by Gasteiger charge is -2.34. The molecule has 1 aliphatic carbocycles. The van der Waals surface area contributed by atoms with Crippen LogP contribution in [0.1, 0.15) is 63.2 Å². The molecule has 1 amide bonds. The highest BCUT2D eigenvalue weighted by molar-refractivity contribution is 6.07. The average Bonchev–Trinajstić information content (AvgIpc) is 3.45. The van der Waals surface area contributed by atoms with Gasteiger partial charge in [-0.2, -0.15) is 0 Å². The number of nitrogens with zero attached hydrogens (tertiary/aromatic N) is 4. The van der Waals surface area contributed by atoms with Gasteiger partial charge in [0.05, 0.1) is 17.7 Å². The third-order valence-corrected chi connectivity index (χ3v) is 7.79. The predicted molar refractivity (Wildman–Crippen MR) is 140 cm³/mol. The summed E-state index contributed by atoms with van der Waals surface area (Å²) in [6.07, 6.45) is 6.11. The number of carbonyl (C=O) groups excluding carboxylic acids is 1. The van der Waals surface area contributed by atoms with Crippen LogP contribution in [0.2, 0.25) is 0 Å². The maximum atomic E-state index is 13.5. The van der Waals surface area contributed by atoms with Crippen molar-refractivity contribution >= 4 is 29.2 Å². The molecule has 5 rings (SSSR count). The third-order valence-electron chi connectivity index (χ3n) is 7.79. The van der Waals surface area contributed by atoms with E-state index in [1.807, 2.05) is 44.2 Å². The number of carbonyl (C=O) groups is 1. The Balaban J connectivity index is 1.38. The largest absolute Gasteiger partial charge is 0.394 e. The Kier molecular flexibility index (Phi) is 6.34. The van der Waals surface area contributed by atoms with Gasteiger partial charge in [0.1, 0.15) is 23.3 Å². The molecule has 35 heavy (non-hydrogen) atoms. The first-order chi connectivity index (χ1) is 16.8. The van der Waals surface area contributed by atoms with Crippen molar-refractivity contribution in [2.45, 2.75) is 58.4 Å². The third kappa shape index (κ3) is 5.37. The van der Waals surface area contributed by atoms with Crippen LogP contribution in [0, 0.1) is 11.3 Å². The van der Waals surface area contributed by atoms with Gasteiger partial charge < -0.3 is 25.5 Å². The van der Waals surface area contributed by atoms with Gasteiger partial charge in [-0.15, -0.1) is 0 Å². The minimum Gasteiger partial charge on any atom is -0.394 e. The first-order valence-corrected chi connectivity index (χ1v) is 12.9. The maximum Gasteiger partial charge on any atom is 0.260 e. The molecule has 2 aromatic heterocycles. The molecule has 1 spiro atoms. The van der Waals surface area contributed by atoms with E-state index in [9.17, 15) is 9.90 Å². The van der Waals surface area contributed by atoms with Crippen LogP contribution in [0.3, 0.4) is 0 Å². The van der Waals surface area contributed by atoms with E-state index in [0.29, 0.717) is 34.3 Å². The van der Waals surface area contributed by atoms with Crippen LogP contribution < -0.4 is 20.4 Å². The van der Waals surface area contributed by atoms with Crippen LogP contribution >= 0.6 is 0 Å². The Morgan fingerprint density at radius 1 is 1.06 bits per heavy atom. The molecule has 0 bridgehead atoms. The van der Waals surface area contributed by atoms with Crippen molar-refractivity contribution in [3.8, 4) is 0 Å². The van der Waals surface area contributed by atoms with Gasteiger partial charge in [0.2, 0.25) is 0 Å². The lowest BCUT2D eigenvalue weighted by Crippen LogP contribution is -2.38.